The smallest absolute Gasteiger partial charge is 0.233 e. The molecule has 3 N–H and O–H groups in total. The van der Waals surface area contributed by atoms with Crippen LogP contribution in [0.5, 0.6) is 5.75 Å². The zero-order chi connectivity index (χ0) is 22.4. The lowest BCUT2D eigenvalue weighted by molar-refractivity contribution is -0.109. The summed E-state index contributed by atoms with van der Waals surface area (Å²) in [7, 11) is -3.38. The highest BCUT2D eigenvalue weighted by atomic mass is 35.5. The number of β-amino-alcohol motifs (C(OH)–C–C–N with tert-alkyl or cyclic N) is 1. The minimum Gasteiger partial charge on any atom is -0.490 e. The van der Waals surface area contributed by atoms with Gasteiger partial charge in [0.2, 0.25) is 10.0 Å². The van der Waals surface area contributed by atoms with Crippen molar-refractivity contribution in [2.45, 2.75) is 24.5 Å². The molecule has 0 aromatic heterocycles. The molecule has 0 radical (unpaired) electrons. The van der Waals surface area contributed by atoms with E-state index in [2.05, 4.69) is 4.72 Å². The fraction of sp³-hybridized carbons (Fsp3) is 0.400. The minimum absolute atomic E-state index is 0.00265. The van der Waals surface area contributed by atoms with Gasteiger partial charge in [-0.25, -0.2) is 17.2 Å². The molecule has 2 aromatic carbocycles. The number of sulfonamides is 1. The Bertz CT molecular complexity index is 1090. The number of fused-ring (bicyclic) bond motifs is 1. The second-order valence-corrected chi connectivity index (χ2v) is 10.1. The van der Waals surface area contributed by atoms with Crippen molar-refractivity contribution in [1.29, 1.82) is 0 Å². The fourth-order valence-corrected chi connectivity index (χ4v) is 5.18. The van der Waals surface area contributed by atoms with Gasteiger partial charge in [-0.1, -0.05) is 17.7 Å². The highest BCUT2D eigenvalue weighted by Gasteiger charge is 2.42. The van der Waals surface area contributed by atoms with Gasteiger partial charge in [-0.3, -0.25) is 4.72 Å². The molecule has 0 spiro atoms. The first-order chi connectivity index (χ1) is 14.6. The van der Waals surface area contributed by atoms with Crippen LogP contribution >= 0.6 is 11.6 Å². The number of hydrogen-bond donors (Lipinski definition) is 3. The van der Waals surface area contributed by atoms with Crippen LogP contribution in [-0.4, -0.2) is 55.8 Å². The van der Waals surface area contributed by atoms with E-state index in [0.717, 1.165) is 12.1 Å². The van der Waals surface area contributed by atoms with Gasteiger partial charge in [0.1, 0.15) is 29.7 Å². The Labute approximate surface area is 183 Å². The topological polar surface area (TPSA) is 99.1 Å². The number of nitrogens with zero attached hydrogens (tertiary/aromatic N) is 1. The molecule has 2 aromatic rings. The summed E-state index contributed by atoms with van der Waals surface area (Å²) in [5, 5.41) is 21.4. The van der Waals surface area contributed by atoms with Crippen molar-refractivity contribution in [2.75, 3.05) is 35.1 Å². The van der Waals surface area contributed by atoms with Crippen LogP contribution in [0.4, 0.5) is 20.2 Å². The van der Waals surface area contributed by atoms with Gasteiger partial charge >= 0.3 is 0 Å². The maximum atomic E-state index is 14.2. The van der Waals surface area contributed by atoms with Crippen molar-refractivity contribution in [3.8, 4) is 5.75 Å². The summed E-state index contributed by atoms with van der Waals surface area (Å²) in [6, 6.07) is 6.88. The van der Waals surface area contributed by atoms with E-state index < -0.39 is 33.4 Å². The molecule has 2 heterocycles. The molecule has 2 atom stereocenters. The average Bonchev–Trinajstić information content (AvgIpc) is 2.67. The first kappa shape index (κ1) is 22.1. The maximum Gasteiger partial charge on any atom is 0.233 e. The van der Waals surface area contributed by atoms with Crippen molar-refractivity contribution in [2.24, 2.45) is 0 Å². The van der Waals surface area contributed by atoms with Gasteiger partial charge in [0.05, 0.1) is 11.4 Å². The predicted molar refractivity (Wildman–Crippen MR) is 112 cm³/mol. The summed E-state index contributed by atoms with van der Waals surface area (Å²) in [5.74, 6) is -1.38. The Balaban J connectivity index is 1.47. The number of halogens is 3. The number of benzene rings is 2. The third-order valence-electron chi connectivity index (χ3n) is 5.62. The first-order valence-electron chi connectivity index (χ1n) is 9.63. The molecule has 11 heteroatoms. The second kappa shape index (κ2) is 8.09. The van der Waals surface area contributed by atoms with E-state index in [1.165, 1.54) is 4.90 Å². The largest absolute Gasteiger partial charge is 0.490 e. The Morgan fingerprint density at radius 1 is 1.29 bits per heavy atom. The van der Waals surface area contributed by atoms with Gasteiger partial charge in [-0.2, -0.15) is 0 Å². The summed E-state index contributed by atoms with van der Waals surface area (Å²) in [5.41, 5.74) is -0.874. The molecule has 4 rings (SSSR count). The third kappa shape index (κ3) is 4.43. The van der Waals surface area contributed by atoms with Gasteiger partial charge in [0, 0.05) is 23.7 Å². The van der Waals surface area contributed by atoms with E-state index in [0.29, 0.717) is 17.0 Å². The number of hydrogen-bond acceptors (Lipinski definition) is 6. The van der Waals surface area contributed by atoms with Crippen LogP contribution in [0.2, 0.25) is 5.02 Å². The molecular weight excluding hydrogens is 454 g/mol. The third-order valence-corrected chi connectivity index (χ3v) is 7.11. The lowest BCUT2D eigenvalue weighted by atomic mass is 9.89. The standard InChI is InChI=1S/C20H21ClF2N2O5S/c21-12-8-14(22)19(15(23)9-12)25-6-5-20(27,18(26)10-25)11-30-17-3-1-2-16-13(17)4-7-31(28,29)24-16/h1-3,8-9,18,24,26-27H,4-7,10-11H2/t18-,20-/m1/s1. The normalized spacial score (nSPS) is 24.9. The molecular formula is C20H21ClF2N2O5S. The Kier molecular flexibility index (Phi) is 5.76. The number of nitrogens with one attached hydrogen (secondary N) is 1. The van der Waals surface area contributed by atoms with Gasteiger partial charge in [0.15, 0.2) is 11.6 Å². The highest BCUT2D eigenvalue weighted by molar-refractivity contribution is 7.92. The zero-order valence-corrected chi connectivity index (χ0v) is 17.9. The second-order valence-electron chi connectivity index (χ2n) is 7.78. The van der Waals surface area contributed by atoms with Crippen LogP contribution in [-0.2, 0) is 16.4 Å². The molecule has 0 unspecified atom stereocenters. The number of ether oxygens (including phenoxy) is 1. The Morgan fingerprint density at radius 2 is 2.00 bits per heavy atom. The summed E-state index contributed by atoms with van der Waals surface area (Å²) >= 11 is 5.66. The number of rotatable bonds is 4. The number of anilines is 2. The van der Waals surface area contributed by atoms with E-state index in [-0.39, 0.29) is 49.0 Å². The molecule has 1 saturated heterocycles. The Hall–Kier alpha value is -2.14. The SMILES string of the molecule is O=S1(=O)CCc2c(cccc2OC[C@]2(O)CCN(c3c(F)cc(Cl)cc3F)C[C@H]2O)N1. The molecule has 0 saturated carbocycles. The lowest BCUT2D eigenvalue weighted by Crippen LogP contribution is -2.58. The van der Waals surface area contributed by atoms with Crippen LogP contribution in [0, 0.1) is 11.6 Å². The summed E-state index contributed by atoms with van der Waals surface area (Å²) in [6.07, 6.45) is -1.09. The van der Waals surface area contributed by atoms with Gasteiger partial charge in [-0.05, 0) is 37.1 Å². The molecule has 168 valence electrons. The number of aliphatic hydroxyl groups excluding tert-OH is 1. The summed E-state index contributed by atoms with van der Waals surface area (Å²) in [4.78, 5) is 1.32. The number of aliphatic hydroxyl groups is 2. The molecule has 0 bridgehead atoms. The van der Waals surface area contributed by atoms with E-state index in [9.17, 15) is 27.4 Å². The maximum absolute atomic E-state index is 14.2. The van der Waals surface area contributed by atoms with Crippen molar-refractivity contribution < 1.29 is 32.1 Å². The average molecular weight is 475 g/mol. The molecule has 1 fully saturated rings. The number of piperidine rings is 1. The Morgan fingerprint density at radius 3 is 2.68 bits per heavy atom. The van der Waals surface area contributed by atoms with E-state index in [1.807, 2.05) is 0 Å². The molecule has 2 aliphatic rings. The van der Waals surface area contributed by atoms with Crippen molar-refractivity contribution >= 4 is 33.0 Å². The van der Waals surface area contributed by atoms with Crippen LogP contribution in [0.25, 0.3) is 0 Å². The fourth-order valence-electron chi connectivity index (χ4n) is 3.89. The molecule has 31 heavy (non-hydrogen) atoms. The quantitative estimate of drug-likeness (QED) is 0.629. The molecule has 7 nitrogen and oxygen atoms in total. The highest BCUT2D eigenvalue weighted by Crippen LogP contribution is 2.35. The van der Waals surface area contributed by atoms with Crippen LogP contribution < -0.4 is 14.4 Å². The molecule has 0 aliphatic carbocycles. The van der Waals surface area contributed by atoms with Crippen LogP contribution in [0.15, 0.2) is 30.3 Å². The summed E-state index contributed by atoms with van der Waals surface area (Å²) in [6.45, 7) is -0.391. The molecule has 0 amide bonds. The van der Waals surface area contributed by atoms with Crippen LogP contribution in [0.1, 0.15) is 12.0 Å². The van der Waals surface area contributed by atoms with E-state index in [4.69, 9.17) is 16.3 Å². The lowest BCUT2D eigenvalue weighted by Gasteiger charge is -2.42. The zero-order valence-electron chi connectivity index (χ0n) is 16.3. The summed E-state index contributed by atoms with van der Waals surface area (Å²) < 4.78 is 60.2. The van der Waals surface area contributed by atoms with Gasteiger partial charge in [0.25, 0.3) is 0 Å². The van der Waals surface area contributed by atoms with Gasteiger partial charge in [-0.15, -0.1) is 0 Å². The first-order valence-corrected chi connectivity index (χ1v) is 11.7. The van der Waals surface area contributed by atoms with E-state index >= 15 is 0 Å². The van der Waals surface area contributed by atoms with E-state index in [1.54, 1.807) is 18.2 Å². The minimum atomic E-state index is -3.38. The monoisotopic (exact) mass is 474 g/mol. The van der Waals surface area contributed by atoms with Crippen molar-refractivity contribution in [3.05, 3.63) is 52.6 Å². The molecule has 2 aliphatic heterocycles. The van der Waals surface area contributed by atoms with Gasteiger partial charge < -0.3 is 19.8 Å². The van der Waals surface area contributed by atoms with Crippen molar-refractivity contribution in [1.82, 2.24) is 0 Å². The predicted octanol–water partition coefficient (Wildman–Crippen LogP) is 2.30. The van der Waals surface area contributed by atoms with Crippen molar-refractivity contribution in [3.63, 3.8) is 0 Å². The van der Waals surface area contributed by atoms with Crippen LogP contribution in [0.3, 0.4) is 0 Å².